The fourth-order valence-corrected chi connectivity index (χ4v) is 2.76. The molecule has 0 spiro atoms. The summed E-state index contributed by atoms with van der Waals surface area (Å²) < 4.78 is 12.6. The number of aryl methyl sites for hydroxylation is 2. The lowest BCUT2D eigenvalue weighted by Gasteiger charge is -2.09. The van der Waals surface area contributed by atoms with E-state index >= 15 is 0 Å². The highest BCUT2D eigenvalue weighted by atomic mass is 16.6. The summed E-state index contributed by atoms with van der Waals surface area (Å²) in [5, 5.41) is 10.8. The molecule has 0 saturated heterocycles. The Morgan fingerprint density at radius 3 is 2.56 bits per heavy atom. The Bertz CT molecular complexity index is 795. The molecule has 1 heterocycles. The van der Waals surface area contributed by atoms with Crippen molar-refractivity contribution in [2.75, 3.05) is 20.3 Å². The molecule has 0 radical (unpaired) electrons. The van der Waals surface area contributed by atoms with Crippen LogP contribution in [0, 0.1) is 30.9 Å². The van der Waals surface area contributed by atoms with E-state index in [1.54, 1.807) is 20.1 Å². The SMILES string of the molecule is COCCn1c(C)cc(C(=O)COc2ccc([N+](=O)[O-])c(C)c2)c1C. The molecule has 7 nitrogen and oxygen atoms in total. The Labute approximate surface area is 146 Å². The summed E-state index contributed by atoms with van der Waals surface area (Å²) in [6, 6.07) is 6.29. The zero-order valence-electron chi connectivity index (χ0n) is 14.9. The average molecular weight is 346 g/mol. The van der Waals surface area contributed by atoms with Gasteiger partial charge in [0, 0.05) is 42.2 Å². The minimum absolute atomic E-state index is 0.0281. The number of hydrogen-bond acceptors (Lipinski definition) is 5. The monoisotopic (exact) mass is 346 g/mol. The average Bonchev–Trinajstić information content (AvgIpc) is 2.85. The molecule has 0 aliphatic rings. The second-order valence-corrected chi connectivity index (χ2v) is 5.85. The molecular formula is C18H22N2O5. The second kappa shape index (κ2) is 7.94. The normalized spacial score (nSPS) is 10.7. The summed E-state index contributed by atoms with van der Waals surface area (Å²) in [5.74, 6) is 0.303. The predicted octanol–water partition coefficient (Wildman–Crippen LogP) is 3.23. The van der Waals surface area contributed by atoms with E-state index in [9.17, 15) is 14.9 Å². The van der Waals surface area contributed by atoms with E-state index in [0.29, 0.717) is 30.0 Å². The first kappa shape index (κ1) is 18.7. The predicted molar refractivity (Wildman–Crippen MR) is 93.4 cm³/mol. The molecule has 0 amide bonds. The highest BCUT2D eigenvalue weighted by Gasteiger charge is 2.17. The number of carbonyl (C=O) groups excluding carboxylic acids is 1. The quantitative estimate of drug-likeness (QED) is 0.416. The molecule has 25 heavy (non-hydrogen) atoms. The fraction of sp³-hybridized carbons (Fsp3) is 0.389. The number of nitro benzene ring substituents is 1. The van der Waals surface area contributed by atoms with E-state index < -0.39 is 4.92 Å². The molecule has 0 atom stereocenters. The van der Waals surface area contributed by atoms with Gasteiger partial charge in [-0.2, -0.15) is 0 Å². The largest absolute Gasteiger partial charge is 0.485 e. The van der Waals surface area contributed by atoms with Gasteiger partial charge in [-0.1, -0.05) is 0 Å². The minimum Gasteiger partial charge on any atom is -0.485 e. The number of nitro groups is 1. The lowest BCUT2D eigenvalue weighted by Crippen LogP contribution is -2.14. The van der Waals surface area contributed by atoms with Gasteiger partial charge in [0.25, 0.3) is 5.69 Å². The van der Waals surface area contributed by atoms with Crippen LogP contribution in [-0.2, 0) is 11.3 Å². The second-order valence-electron chi connectivity index (χ2n) is 5.85. The number of ether oxygens (including phenoxy) is 2. The number of benzene rings is 1. The topological polar surface area (TPSA) is 83.6 Å². The molecule has 0 fully saturated rings. The molecular weight excluding hydrogens is 324 g/mol. The van der Waals surface area contributed by atoms with Gasteiger partial charge in [-0.25, -0.2) is 0 Å². The highest BCUT2D eigenvalue weighted by molar-refractivity contribution is 5.98. The molecule has 134 valence electrons. The molecule has 7 heteroatoms. The molecule has 0 aliphatic carbocycles. The summed E-state index contributed by atoms with van der Waals surface area (Å²) in [5.41, 5.74) is 3.01. The smallest absolute Gasteiger partial charge is 0.272 e. The number of ketones is 1. The van der Waals surface area contributed by atoms with Gasteiger partial charge < -0.3 is 14.0 Å². The van der Waals surface area contributed by atoms with Gasteiger partial charge in [0.2, 0.25) is 5.78 Å². The van der Waals surface area contributed by atoms with Crippen molar-refractivity contribution in [1.82, 2.24) is 4.57 Å². The number of carbonyl (C=O) groups is 1. The van der Waals surface area contributed by atoms with Crippen LogP contribution < -0.4 is 4.74 Å². The summed E-state index contributed by atoms with van der Waals surface area (Å²) in [6.07, 6.45) is 0. The first-order valence-corrected chi connectivity index (χ1v) is 7.91. The van der Waals surface area contributed by atoms with Gasteiger partial charge >= 0.3 is 0 Å². The number of rotatable bonds is 8. The molecule has 2 rings (SSSR count). The molecule has 0 unspecified atom stereocenters. The lowest BCUT2D eigenvalue weighted by atomic mass is 10.1. The van der Waals surface area contributed by atoms with E-state index in [2.05, 4.69) is 0 Å². The minimum atomic E-state index is -0.445. The van der Waals surface area contributed by atoms with Crippen molar-refractivity contribution in [3.8, 4) is 5.75 Å². The van der Waals surface area contributed by atoms with Crippen LogP contribution in [0.25, 0.3) is 0 Å². The Morgan fingerprint density at radius 1 is 1.24 bits per heavy atom. The number of methoxy groups -OCH3 is 1. The number of hydrogen-bond donors (Lipinski definition) is 0. The number of aromatic nitrogens is 1. The summed E-state index contributed by atoms with van der Waals surface area (Å²) in [6.45, 7) is 6.61. The van der Waals surface area contributed by atoms with E-state index in [4.69, 9.17) is 9.47 Å². The van der Waals surface area contributed by atoms with Crippen LogP contribution in [0.4, 0.5) is 5.69 Å². The summed E-state index contributed by atoms with van der Waals surface area (Å²) >= 11 is 0. The van der Waals surface area contributed by atoms with Crippen LogP contribution in [0.15, 0.2) is 24.3 Å². The van der Waals surface area contributed by atoms with Gasteiger partial charge in [-0.05, 0) is 39.0 Å². The molecule has 2 aromatic rings. The van der Waals surface area contributed by atoms with E-state index in [1.807, 2.05) is 24.5 Å². The van der Waals surface area contributed by atoms with Crippen molar-refractivity contribution in [1.29, 1.82) is 0 Å². The third-order valence-electron chi connectivity index (χ3n) is 4.13. The van der Waals surface area contributed by atoms with E-state index in [0.717, 1.165) is 11.4 Å². The molecule has 0 aliphatic heterocycles. The van der Waals surface area contributed by atoms with E-state index in [1.165, 1.54) is 12.1 Å². The third kappa shape index (κ3) is 4.24. The van der Waals surface area contributed by atoms with Crippen molar-refractivity contribution in [3.63, 3.8) is 0 Å². The fourth-order valence-electron chi connectivity index (χ4n) is 2.76. The highest BCUT2D eigenvalue weighted by Crippen LogP contribution is 2.23. The third-order valence-corrected chi connectivity index (χ3v) is 4.13. The Kier molecular flexibility index (Phi) is 5.93. The van der Waals surface area contributed by atoms with E-state index in [-0.39, 0.29) is 18.1 Å². The van der Waals surface area contributed by atoms with Gasteiger partial charge in [-0.15, -0.1) is 0 Å². The van der Waals surface area contributed by atoms with Crippen LogP contribution >= 0.6 is 0 Å². The lowest BCUT2D eigenvalue weighted by molar-refractivity contribution is -0.385. The van der Waals surface area contributed by atoms with Crippen LogP contribution in [0.5, 0.6) is 5.75 Å². The van der Waals surface area contributed by atoms with Crippen molar-refractivity contribution in [2.24, 2.45) is 0 Å². The van der Waals surface area contributed by atoms with Crippen molar-refractivity contribution < 1.29 is 19.2 Å². The maximum absolute atomic E-state index is 12.5. The Balaban J connectivity index is 2.08. The van der Waals surface area contributed by atoms with Crippen LogP contribution in [0.1, 0.15) is 27.3 Å². The molecule has 0 saturated carbocycles. The van der Waals surface area contributed by atoms with Crippen molar-refractivity contribution in [2.45, 2.75) is 27.3 Å². The molecule has 0 N–H and O–H groups in total. The zero-order valence-corrected chi connectivity index (χ0v) is 14.9. The van der Waals surface area contributed by atoms with Crippen LogP contribution in [-0.4, -0.2) is 35.6 Å². The Morgan fingerprint density at radius 2 is 1.96 bits per heavy atom. The maximum Gasteiger partial charge on any atom is 0.272 e. The standard InChI is InChI=1S/C18H22N2O5/c1-12-9-15(5-6-17(12)20(22)23)25-11-18(21)16-10-13(2)19(14(16)3)7-8-24-4/h5-6,9-10H,7-8,11H2,1-4H3. The molecule has 1 aromatic heterocycles. The maximum atomic E-state index is 12.5. The van der Waals surface area contributed by atoms with Gasteiger partial charge in [0.1, 0.15) is 5.75 Å². The van der Waals surface area contributed by atoms with Crippen molar-refractivity contribution in [3.05, 3.63) is 56.9 Å². The van der Waals surface area contributed by atoms with Crippen molar-refractivity contribution >= 4 is 11.5 Å². The summed E-state index contributed by atoms with van der Waals surface area (Å²) in [4.78, 5) is 22.8. The number of Topliss-reactive ketones (excluding diaryl/α,β-unsaturated/α-hetero) is 1. The number of nitrogens with zero attached hydrogens (tertiary/aromatic N) is 2. The van der Waals surface area contributed by atoms with Crippen LogP contribution in [0.3, 0.4) is 0 Å². The first-order chi connectivity index (χ1) is 11.8. The summed E-state index contributed by atoms with van der Waals surface area (Å²) in [7, 11) is 1.64. The Hall–Kier alpha value is -2.67. The van der Waals surface area contributed by atoms with Crippen LogP contribution in [0.2, 0.25) is 0 Å². The molecule has 1 aromatic carbocycles. The zero-order chi connectivity index (χ0) is 18.6. The van der Waals surface area contributed by atoms with Gasteiger partial charge in [0.15, 0.2) is 6.61 Å². The molecule has 0 bridgehead atoms. The van der Waals surface area contributed by atoms with Gasteiger partial charge in [0.05, 0.1) is 11.5 Å². The van der Waals surface area contributed by atoms with Gasteiger partial charge in [-0.3, -0.25) is 14.9 Å². The first-order valence-electron chi connectivity index (χ1n) is 7.91.